The van der Waals surface area contributed by atoms with Crippen LogP contribution in [-0.2, 0) is 6.54 Å². The molecule has 3 aromatic carbocycles. The molecule has 4 rings (SSSR count). The predicted molar refractivity (Wildman–Crippen MR) is 121 cm³/mol. The van der Waals surface area contributed by atoms with Crippen LogP contribution in [0.5, 0.6) is 0 Å². The van der Waals surface area contributed by atoms with Gasteiger partial charge < -0.3 is 5.11 Å². The third kappa shape index (κ3) is 4.57. The maximum Gasteiger partial charge on any atom is 0.131 e. The van der Waals surface area contributed by atoms with Gasteiger partial charge in [-0.15, -0.1) is 0 Å². The Bertz CT molecular complexity index is 1050. The van der Waals surface area contributed by atoms with Crippen molar-refractivity contribution in [1.29, 1.82) is 0 Å². The fourth-order valence-electron chi connectivity index (χ4n) is 3.39. The summed E-state index contributed by atoms with van der Waals surface area (Å²) in [6.07, 6.45) is 1.17. The summed E-state index contributed by atoms with van der Waals surface area (Å²) in [5.74, 6) is 0. The summed E-state index contributed by atoms with van der Waals surface area (Å²) in [7, 11) is 0. The number of benzene rings is 3. The molecule has 3 nitrogen and oxygen atoms in total. The van der Waals surface area contributed by atoms with Gasteiger partial charge in [-0.3, -0.25) is 10.3 Å². The second kappa shape index (κ2) is 9.14. The van der Waals surface area contributed by atoms with Crippen LogP contribution in [0.25, 0.3) is 0 Å². The molecule has 5 heteroatoms. The van der Waals surface area contributed by atoms with Crippen LogP contribution < -0.4 is 5.32 Å². The zero-order valence-electron chi connectivity index (χ0n) is 16.2. The van der Waals surface area contributed by atoms with Gasteiger partial charge >= 0.3 is 0 Å². The van der Waals surface area contributed by atoms with E-state index in [0.717, 1.165) is 40.3 Å². The van der Waals surface area contributed by atoms with Crippen LogP contribution in [0.3, 0.4) is 0 Å². The van der Waals surface area contributed by atoms with Gasteiger partial charge in [0, 0.05) is 32.6 Å². The normalized spacial score (nSPS) is 13.8. The third-order valence-electron chi connectivity index (χ3n) is 4.90. The molecule has 3 aromatic rings. The Morgan fingerprint density at radius 3 is 2.66 bits per heavy atom. The number of nitrogens with one attached hydrogen (secondary N) is 1. The lowest BCUT2D eigenvalue weighted by Crippen LogP contribution is -2.20. The minimum atomic E-state index is -0.794. The standard InChI is InChI=1S/C24H23ClN2OS/c1-2-7-20-18-9-4-6-11-22(18)29-23-13-12-16(14-21(23)27-20)24(28)26-15-17-8-3-5-10-19(17)25/h3-6,8-14,24,26,28H,2,7,15H2,1H3. The van der Waals surface area contributed by atoms with Crippen molar-refractivity contribution in [2.24, 2.45) is 4.99 Å². The van der Waals surface area contributed by atoms with E-state index < -0.39 is 6.23 Å². The molecule has 1 aliphatic heterocycles. The SMILES string of the molecule is CCCC1=Nc2cc(C(O)NCc3ccccc3Cl)ccc2Sc2ccccc21. The van der Waals surface area contributed by atoms with Crippen molar-refractivity contribution in [2.75, 3.05) is 0 Å². The van der Waals surface area contributed by atoms with E-state index in [4.69, 9.17) is 16.6 Å². The number of rotatable bonds is 6. The molecule has 0 amide bonds. The van der Waals surface area contributed by atoms with Gasteiger partial charge in [-0.1, -0.05) is 79.2 Å². The number of aliphatic hydroxyl groups is 1. The highest BCUT2D eigenvalue weighted by Gasteiger charge is 2.18. The Hall–Kier alpha value is -2.11. The van der Waals surface area contributed by atoms with Crippen molar-refractivity contribution in [3.05, 3.63) is 88.4 Å². The van der Waals surface area contributed by atoms with Crippen LogP contribution >= 0.6 is 23.4 Å². The number of fused-ring (bicyclic) bond motifs is 2. The molecule has 1 atom stereocenters. The van der Waals surface area contributed by atoms with Crippen molar-refractivity contribution in [3.8, 4) is 0 Å². The molecule has 1 aliphatic rings. The van der Waals surface area contributed by atoms with E-state index in [1.54, 1.807) is 11.8 Å². The highest BCUT2D eigenvalue weighted by Crippen LogP contribution is 2.41. The van der Waals surface area contributed by atoms with Gasteiger partial charge in [-0.05, 0) is 41.8 Å². The van der Waals surface area contributed by atoms with Crippen LogP contribution in [0.2, 0.25) is 5.02 Å². The molecule has 0 saturated carbocycles. The molecule has 148 valence electrons. The molecule has 0 spiro atoms. The van der Waals surface area contributed by atoms with Crippen molar-refractivity contribution < 1.29 is 5.11 Å². The topological polar surface area (TPSA) is 44.6 Å². The first-order chi connectivity index (χ1) is 14.2. The van der Waals surface area contributed by atoms with E-state index in [0.29, 0.717) is 11.6 Å². The van der Waals surface area contributed by atoms with E-state index in [1.807, 2.05) is 42.5 Å². The largest absolute Gasteiger partial charge is 0.374 e. The van der Waals surface area contributed by atoms with Gasteiger partial charge in [0.25, 0.3) is 0 Å². The van der Waals surface area contributed by atoms with Gasteiger partial charge in [-0.2, -0.15) is 0 Å². The zero-order chi connectivity index (χ0) is 20.2. The Labute approximate surface area is 180 Å². The van der Waals surface area contributed by atoms with E-state index in [-0.39, 0.29) is 0 Å². The zero-order valence-corrected chi connectivity index (χ0v) is 17.8. The number of aliphatic hydroxyl groups excluding tert-OH is 1. The second-order valence-electron chi connectivity index (χ2n) is 7.01. The lowest BCUT2D eigenvalue weighted by atomic mass is 10.1. The van der Waals surface area contributed by atoms with Gasteiger partial charge in [0.2, 0.25) is 0 Å². The number of nitrogens with zero attached hydrogens (tertiary/aromatic N) is 1. The molecule has 1 heterocycles. The van der Waals surface area contributed by atoms with Crippen LogP contribution in [0.1, 0.15) is 42.7 Å². The molecule has 0 bridgehead atoms. The summed E-state index contributed by atoms with van der Waals surface area (Å²) in [4.78, 5) is 7.31. The average Bonchev–Trinajstić information content (AvgIpc) is 2.89. The molecule has 29 heavy (non-hydrogen) atoms. The molecule has 0 aliphatic carbocycles. The monoisotopic (exact) mass is 422 g/mol. The minimum Gasteiger partial charge on any atom is -0.374 e. The van der Waals surface area contributed by atoms with Crippen LogP contribution in [-0.4, -0.2) is 10.8 Å². The van der Waals surface area contributed by atoms with Gasteiger partial charge in [0.1, 0.15) is 6.23 Å². The van der Waals surface area contributed by atoms with Crippen LogP contribution in [0.4, 0.5) is 5.69 Å². The maximum absolute atomic E-state index is 10.7. The minimum absolute atomic E-state index is 0.489. The number of aliphatic imine (C=N–C) groups is 1. The summed E-state index contributed by atoms with van der Waals surface area (Å²) in [6.45, 7) is 2.66. The molecular weight excluding hydrogens is 400 g/mol. The maximum atomic E-state index is 10.7. The molecule has 0 saturated heterocycles. The highest BCUT2D eigenvalue weighted by atomic mass is 35.5. The van der Waals surface area contributed by atoms with Gasteiger partial charge in [-0.25, -0.2) is 0 Å². The van der Waals surface area contributed by atoms with Crippen LogP contribution in [0.15, 0.2) is 81.5 Å². The molecule has 1 unspecified atom stereocenters. The summed E-state index contributed by atoms with van der Waals surface area (Å²) in [5, 5.41) is 14.5. The van der Waals surface area contributed by atoms with Crippen molar-refractivity contribution >= 4 is 34.8 Å². The van der Waals surface area contributed by atoms with Crippen molar-refractivity contribution in [3.63, 3.8) is 0 Å². The fraction of sp³-hybridized carbons (Fsp3) is 0.208. The summed E-state index contributed by atoms with van der Waals surface area (Å²) >= 11 is 7.95. The third-order valence-corrected chi connectivity index (χ3v) is 6.41. The van der Waals surface area contributed by atoms with E-state index in [9.17, 15) is 5.11 Å². The number of hydrogen-bond acceptors (Lipinski definition) is 4. The number of halogens is 1. The average molecular weight is 423 g/mol. The summed E-state index contributed by atoms with van der Waals surface area (Å²) in [6, 6.07) is 22.1. The fourth-order valence-corrected chi connectivity index (χ4v) is 4.62. The Balaban J connectivity index is 1.60. The smallest absolute Gasteiger partial charge is 0.131 e. The van der Waals surface area contributed by atoms with Crippen molar-refractivity contribution in [1.82, 2.24) is 5.32 Å². The lowest BCUT2D eigenvalue weighted by Gasteiger charge is -2.15. The Morgan fingerprint density at radius 2 is 1.83 bits per heavy atom. The van der Waals surface area contributed by atoms with Gasteiger partial charge in [0.05, 0.1) is 5.69 Å². The van der Waals surface area contributed by atoms with E-state index in [2.05, 4.69) is 36.5 Å². The highest BCUT2D eigenvalue weighted by molar-refractivity contribution is 7.99. The lowest BCUT2D eigenvalue weighted by molar-refractivity contribution is 0.137. The first kappa shape index (κ1) is 20.2. The Kier molecular flexibility index (Phi) is 6.36. The van der Waals surface area contributed by atoms with E-state index in [1.165, 1.54) is 10.5 Å². The number of hydrogen-bond donors (Lipinski definition) is 2. The molecule has 0 fully saturated rings. The predicted octanol–water partition coefficient (Wildman–Crippen LogP) is 6.51. The summed E-state index contributed by atoms with van der Waals surface area (Å²) < 4.78 is 0. The molecule has 0 aromatic heterocycles. The molecule has 2 N–H and O–H groups in total. The second-order valence-corrected chi connectivity index (χ2v) is 8.50. The Morgan fingerprint density at radius 1 is 1.03 bits per heavy atom. The first-order valence-corrected chi connectivity index (χ1v) is 11.0. The van der Waals surface area contributed by atoms with Crippen molar-refractivity contribution in [2.45, 2.75) is 42.3 Å². The summed E-state index contributed by atoms with van der Waals surface area (Å²) in [5.41, 5.74) is 4.96. The van der Waals surface area contributed by atoms with Gasteiger partial charge in [0.15, 0.2) is 0 Å². The van der Waals surface area contributed by atoms with Crippen LogP contribution in [0, 0.1) is 0 Å². The quantitative estimate of drug-likeness (QED) is 0.445. The van der Waals surface area contributed by atoms with E-state index >= 15 is 0 Å². The molecule has 0 radical (unpaired) electrons. The molecular formula is C24H23ClN2OS. The first-order valence-electron chi connectivity index (χ1n) is 9.79.